The molecule has 156 valence electrons. The van der Waals surface area contributed by atoms with Crippen molar-refractivity contribution < 1.29 is 23.5 Å². The van der Waals surface area contributed by atoms with Gasteiger partial charge in [-0.1, -0.05) is 30.3 Å². The summed E-state index contributed by atoms with van der Waals surface area (Å²) < 4.78 is 26.8. The third kappa shape index (κ3) is 4.16. The molecule has 0 bridgehead atoms. The number of carbonyl (C=O) groups is 2. The average molecular weight is 419 g/mol. The summed E-state index contributed by atoms with van der Waals surface area (Å²) in [7, 11) is 0. The van der Waals surface area contributed by atoms with Gasteiger partial charge in [0.15, 0.2) is 0 Å². The van der Waals surface area contributed by atoms with Crippen LogP contribution >= 0.6 is 0 Å². The molecule has 0 saturated heterocycles. The van der Waals surface area contributed by atoms with Gasteiger partial charge in [-0.2, -0.15) is 0 Å². The van der Waals surface area contributed by atoms with Gasteiger partial charge in [0, 0.05) is 23.8 Å². The fourth-order valence-corrected chi connectivity index (χ4v) is 3.67. The minimum absolute atomic E-state index is 0.0639. The summed E-state index contributed by atoms with van der Waals surface area (Å²) in [6, 6.07) is 18.9. The number of hydrogen-bond donors (Lipinski definition) is 1. The number of aliphatic carboxylic acids is 1. The highest BCUT2D eigenvalue weighted by atomic mass is 19.1. The lowest BCUT2D eigenvalue weighted by Crippen LogP contribution is -2.31. The predicted molar refractivity (Wildman–Crippen MR) is 110 cm³/mol. The molecular weight excluding hydrogens is 402 g/mol. The van der Waals surface area contributed by atoms with E-state index in [0.29, 0.717) is 22.5 Å². The third-order valence-corrected chi connectivity index (χ3v) is 5.01. The van der Waals surface area contributed by atoms with E-state index in [0.717, 1.165) is 0 Å². The average Bonchev–Trinajstić information content (AvgIpc) is 3.02. The van der Waals surface area contributed by atoms with E-state index in [1.54, 1.807) is 24.3 Å². The van der Waals surface area contributed by atoms with E-state index >= 15 is 0 Å². The number of rotatable bonds is 6. The van der Waals surface area contributed by atoms with Gasteiger partial charge >= 0.3 is 0 Å². The van der Waals surface area contributed by atoms with Gasteiger partial charge in [-0.25, -0.2) is 8.78 Å². The van der Waals surface area contributed by atoms with Crippen molar-refractivity contribution in [3.05, 3.63) is 107 Å². The quantitative estimate of drug-likeness (QED) is 0.663. The molecule has 0 saturated carbocycles. The summed E-state index contributed by atoms with van der Waals surface area (Å²) in [5, 5.41) is 14.5. The zero-order chi connectivity index (χ0) is 22.0. The number of nitrogens with zero attached hydrogens (tertiary/aromatic N) is 1. The second-order valence-corrected chi connectivity index (χ2v) is 7.05. The summed E-state index contributed by atoms with van der Waals surface area (Å²) in [5.41, 5.74) is 1.88. The van der Waals surface area contributed by atoms with E-state index in [1.165, 1.54) is 53.4 Å². The molecule has 1 aliphatic rings. The maximum Gasteiger partial charge on any atom is 0.275 e. The minimum Gasteiger partial charge on any atom is -0.550 e. The molecule has 1 aliphatic heterocycles. The molecule has 0 aromatic heterocycles. The molecule has 5 nitrogen and oxygen atoms in total. The van der Waals surface area contributed by atoms with E-state index in [9.17, 15) is 23.5 Å². The lowest BCUT2D eigenvalue weighted by atomic mass is 9.96. The zero-order valence-electron chi connectivity index (χ0n) is 16.2. The van der Waals surface area contributed by atoms with Gasteiger partial charge in [0.25, 0.3) is 5.91 Å². The van der Waals surface area contributed by atoms with Crippen LogP contribution < -0.4 is 15.3 Å². The SMILES string of the molecule is O=C([O-])CC1=C(Nc2ccc(F)cc2)C(=O)N(c2ccc(F)cc2)C1c1ccccc1. The van der Waals surface area contributed by atoms with Gasteiger partial charge in [-0.05, 0) is 59.7 Å². The first kappa shape index (κ1) is 20.3. The number of benzene rings is 3. The van der Waals surface area contributed by atoms with Crippen molar-refractivity contribution in [3.63, 3.8) is 0 Å². The Morgan fingerprint density at radius 1 is 0.903 bits per heavy atom. The molecular formula is C24H17F2N2O3-. The fraction of sp³-hybridized carbons (Fsp3) is 0.0833. The number of halogens is 2. The minimum atomic E-state index is -1.34. The largest absolute Gasteiger partial charge is 0.550 e. The number of anilines is 2. The lowest BCUT2D eigenvalue weighted by molar-refractivity contribution is -0.304. The summed E-state index contributed by atoms with van der Waals surface area (Å²) in [4.78, 5) is 26.4. The van der Waals surface area contributed by atoms with E-state index in [2.05, 4.69) is 5.32 Å². The lowest BCUT2D eigenvalue weighted by Gasteiger charge is -2.27. The first-order valence-electron chi connectivity index (χ1n) is 9.53. The van der Waals surface area contributed by atoms with Crippen LogP contribution in [0.25, 0.3) is 0 Å². The van der Waals surface area contributed by atoms with Crippen LogP contribution in [0.3, 0.4) is 0 Å². The summed E-state index contributed by atoms with van der Waals surface area (Å²) in [6.45, 7) is 0. The molecule has 4 rings (SSSR count). The summed E-state index contributed by atoms with van der Waals surface area (Å²) in [6.07, 6.45) is -0.494. The molecule has 1 heterocycles. The molecule has 0 radical (unpaired) electrons. The third-order valence-electron chi connectivity index (χ3n) is 5.01. The van der Waals surface area contributed by atoms with E-state index in [-0.39, 0.29) is 5.70 Å². The van der Waals surface area contributed by atoms with E-state index in [4.69, 9.17) is 0 Å². The van der Waals surface area contributed by atoms with Crippen LogP contribution in [-0.4, -0.2) is 11.9 Å². The van der Waals surface area contributed by atoms with Gasteiger partial charge in [0.1, 0.15) is 17.3 Å². The molecule has 1 amide bonds. The predicted octanol–water partition coefficient (Wildman–Crippen LogP) is 3.56. The second-order valence-electron chi connectivity index (χ2n) is 7.05. The van der Waals surface area contributed by atoms with Crippen molar-refractivity contribution in [2.24, 2.45) is 0 Å². The maximum absolute atomic E-state index is 13.5. The van der Waals surface area contributed by atoms with E-state index in [1.807, 2.05) is 6.07 Å². The smallest absolute Gasteiger partial charge is 0.275 e. The van der Waals surface area contributed by atoms with Gasteiger partial charge in [0.2, 0.25) is 0 Å². The standard InChI is InChI=1S/C24H18F2N2O3/c25-16-6-10-18(11-7-16)27-22-20(14-21(29)30)23(15-4-2-1-3-5-15)28(24(22)31)19-12-8-17(26)9-13-19/h1-13,23,27H,14H2,(H,29,30)/p-1. The molecule has 7 heteroatoms. The van der Waals surface area contributed by atoms with Crippen molar-refractivity contribution in [3.8, 4) is 0 Å². The monoisotopic (exact) mass is 419 g/mol. The topological polar surface area (TPSA) is 72.5 Å². The molecule has 1 unspecified atom stereocenters. The normalized spacial score (nSPS) is 16.0. The highest BCUT2D eigenvalue weighted by Gasteiger charge is 2.41. The first-order valence-corrected chi connectivity index (χ1v) is 9.53. The number of carboxylic acid groups (broad SMARTS) is 1. The molecule has 0 aliphatic carbocycles. The molecule has 31 heavy (non-hydrogen) atoms. The van der Waals surface area contributed by atoms with E-state index < -0.39 is 36.0 Å². The number of carboxylic acids is 1. The first-order chi connectivity index (χ1) is 14.9. The van der Waals surface area contributed by atoms with Crippen LogP contribution in [0, 0.1) is 11.6 Å². The Hall–Kier alpha value is -4.00. The number of nitrogens with one attached hydrogen (secondary N) is 1. The molecule has 3 aromatic carbocycles. The Labute approximate surface area is 177 Å². The summed E-state index contributed by atoms with van der Waals surface area (Å²) in [5.74, 6) is -2.73. The molecule has 1 N–H and O–H groups in total. The summed E-state index contributed by atoms with van der Waals surface area (Å²) >= 11 is 0. The van der Waals surface area contributed by atoms with Crippen LogP contribution in [0.5, 0.6) is 0 Å². The van der Waals surface area contributed by atoms with Crippen molar-refractivity contribution in [1.82, 2.24) is 0 Å². The second kappa shape index (κ2) is 8.39. The van der Waals surface area contributed by atoms with Gasteiger partial charge in [-0.3, -0.25) is 9.69 Å². The zero-order valence-corrected chi connectivity index (χ0v) is 16.2. The Kier molecular flexibility index (Phi) is 5.49. The van der Waals surface area contributed by atoms with Crippen molar-refractivity contribution in [2.75, 3.05) is 10.2 Å². The highest BCUT2D eigenvalue weighted by Crippen LogP contribution is 2.42. The van der Waals surface area contributed by atoms with Crippen molar-refractivity contribution >= 4 is 23.3 Å². The Morgan fingerprint density at radius 2 is 1.48 bits per heavy atom. The van der Waals surface area contributed by atoms with Gasteiger partial charge < -0.3 is 15.2 Å². The highest BCUT2D eigenvalue weighted by molar-refractivity contribution is 6.12. The van der Waals surface area contributed by atoms with Crippen LogP contribution in [0.15, 0.2) is 90.1 Å². The van der Waals surface area contributed by atoms with Crippen molar-refractivity contribution in [1.29, 1.82) is 0 Å². The van der Waals surface area contributed by atoms with Crippen LogP contribution in [0.1, 0.15) is 18.0 Å². The van der Waals surface area contributed by atoms with Gasteiger partial charge in [0.05, 0.1) is 6.04 Å². The van der Waals surface area contributed by atoms with Gasteiger partial charge in [-0.15, -0.1) is 0 Å². The molecule has 0 spiro atoms. The number of amides is 1. The maximum atomic E-state index is 13.5. The Morgan fingerprint density at radius 3 is 2.06 bits per heavy atom. The molecule has 3 aromatic rings. The molecule has 1 atom stereocenters. The molecule has 0 fully saturated rings. The van der Waals surface area contributed by atoms with Crippen LogP contribution in [-0.2, 0) is 9.59 Å². The fourth-order valence-electron chi connectivity index (χ4n) is 3.67. The van der Waals surface area contributed by atoms with Crippen molar-refractivity contribution in [2.45, 2.75) is 12.5 Å². The Bertz CT molecular complexity index is 1140. The number of hydrogen-bond acceptors (Lipinski definition) is 4. The number of carbonyl (C=O) groups excluding carboxylic acids is 2. The van der Waals surface area contributed by atoms with Crippen LogP contribution in [0.2, 0.25) is 0 Å². The van der Waals surface area contributed by atoms with Crippen LogP contribution in [0.4, 0.5) is 20.2 Å². The Balaban J connectivity index is 1.85.